The summed E-state index contributed by atoms with van der Waals surface area (Å²) < 4.78 is 5.37. The second kappa shape index (κ2) is 5.17. The fourth-order valence-electron chi connectivity index (χ4n) is 0.868. The van der Waals surface area contributed by atoms with Crippen LogP contribution in [-0.4, -0.2) is 13.1 Å². The van der Waals surface area contributed by atoms with Gasteiger partial charge in [0.05, 0.1) is 7.11 Å². The number of methoxy groups -OCH3 is 1. The normalized spacial score (nSPS) is 10.5. The van der Waals surface area contributed by atoms with Crippen molar-refractivity contribution in [1.82, 2.24) is 0 Å². The fraction of sp³-hybridized carbons (Fsp3) is 0.100. The van der Waals surface area contributed by atoms with Gasteiger partial charge in [0.15, 0.2) is 0 Å². The average Bonchev–Trinajstić information content (AvgIpc) is 2.19. The average molecular weight is 276 g/mol. The van der Waals surface area contributed by atoms with Gasteiger partial charge in [0.1, 0.15) is 0 Å². The quantitative estimate of drug-likeness (QED) is 0.611. The summed E-state index contributed by atoms with van der Waals surface area (Å²) in [5.74, 6) is -0.402. The highest BCUT2D eigenvalue weighted by Crippen LogP contribution is 2.21. The molecule has 0 atom stereocenters. The van der Waals surface area contributed by atoms with Gasteiger partial charge in [0, 0.05) is 15.6 Å². The van der Waals surface area contributed by atoms with Gasteiger partial charge in [-0.25, -0.2) is 4.79 Å². The Morgan fingerprint density at radius 3 is 2.93 bits per heavy atom. The first-order chi connectivity index (χ1) is 6.63. The first-order valence-electron chi connectivity index (χ1n) is 3.84. The summed E-state index contributed by atoms with van der Waals surface area (Å²) in [6, 6.07) is 5.40. The Morgan fingerprint density at radius 2 is 2.29 bits per heavy atom. The molecule has 1 aromatic carbocycles. The van der Waals surface area contributed by atoms with Gasteiger partial charge in [0.25, 0.3) is 0 Å². The largest absolute Gasteiger partial charge is 0.466 e. The number of benzene rings is 1. The van der Waals surface area contributed by atoms with E-state index in [0.717, 1.165) is 10.0 Å². The molecule has 1 aromatic rings. The Kier molecular flexibility index (Phi) is 4.17. The first-order valence-corrected chi connectivity index (χ1v) is 5.01. The van der Waals surface area contributed by atoms with Crippen LogP contribution in [0.3, 0.4) is 0 Å². The number of rotatable bonds is 2. The summed E-state index contributed by atoms with van der Waals surface area (Å²) in [5.41, 5.74) is 0.770. The van der Waals surface area contributed by atoms with Gasteiger partial charge in [0.2, 0.25) is 0 Å². The van der Waals surface area contributed by atoms with Crippen molar-refractivity contribution in [1.29, 1.82) is 0 Å². The number of hydrogen-bond acceptors (Lipinski definition) is 2. The molecule has 0 heterocycles. The van der Waals surface area contributed by atoms with Gasteiger partial charge in [-0.15, -0.1) is 0 Å². The highest BCUT2D eigenvalue weighted by molar-refractivity contribution is 9.10. The predicted octanol–water partition coefficient (Wildman–Crippen LogP) is 3.29. The van der Waals surface area contributed by atoms with Crippen LogP contribution >= 0.6 is 27.5 Å². The number of halogens is 2. The van der Waals surface area contributed by atoms with Crippen LogP contribution < -0.4 is 0 Å². The predicted molar refractivity (Wildman–Crippen MR) is 60.2 cm³/mol. The smallest absolute Gasteiger partial charge is 0.330 e. The summed E-state index contributed by atoms with van der Waals surface area (Å²) in [6.07, 6.45) is 2.94. The zero-order valence-corrected chi connectivity index (χ0v) is 9.80. The summed E-state index contributed by atoms with van der Waals surface area (Å²) in [5, 5.41) is 0.591. The van der Waals surface area contributed by atoms with Crippen LogP contribution in [0.5, 0.6) is 0 Å². The molecule has 0 aliphatic carbocycles. The molecule has 1 rings (SSSR count). The Labute approximate surface area is 95.6 Å². The van der Waals surface area contributed by atoms with Crippen LogP contribution in [-0.2, 0) is 9.53 Å². The number of esters is 1. The lowest BCUT2D eigenvalue weighted by Crippen LogP contribution is -1.93. The third kappa shape index (κ3) is 3.16. The van der Waals surface area contributed by atoms with E-state index >= 15 is 0 Å². The van der Waals surface area contributed by atoms with E-state index in [-0.39, 0.29) is 0 Å². The van der Waals surface area contributed by atoms with Gasteiger partial charge in [-0.1, -0.05) is 27.5 Å². The minimum Gasteiger partial charge on any atom is -0.466 e. The van der Waals surface area contributed by atoms with E-state index < -0.39 is 5.97 Å². The molecule has 0 aliphatic heterocycles. The lowest BCUT2D eigenvalue weighted by Gasteiger charge is -1.98. The third-order valence-corrected chi connectivity index (χ3v) is 2.40. The molecule has 0 unspecified atom stereocenters. The first kappa shape index (κ1) is 11.3. The molecule has 0 aromatic heterocycles. The van der Waals surface area contributed by atoms with Gasteiger partial charge in [-0.3, -0.25) is 0 Å². The highest BCUT2D eigenvalue weighted by atomic mass is 79.9. The zero-order chi connectivity index (χ0) is 10.6. The van der Waals surface area contributed by atoms with Gasteiger partial charge in [-0.05, 0) is 29.8 Å². The Hall–Kier alpha value is -0.800. The molecule has 4 heteroatoms. The number of hydrogen-bond donors (Lipinski definition) is 0. The molecular weight excluding hydrogens is 267 g/mol. The van der Waals surface area contributed by atoms with E-state index in [9.17, 15) is 4.79 Å². The zero-order valence-electron chi connectivity index (χ0n) is 7.46. The molecule has 0 amide bonds. The second-order valence-corrected chi connectivity index (χ2v) is 3.85. The van der Waals surface area contributed by atoms with Crippen LogP contribution in [0.4, 0.5) is 0 Å². The number of carbonyl (C=O) groups is 1. The van der Waals surface area contributed by atoms with E-state index in [4.69, 9.17) is 11.6 Å². The summed E-state index contributed by atoms with van der Waals surface area (Å²) in [7, 11) is 1.33. The van der Waals surface area contributed by atoms with Crippen molar-refractivity contribution in [3.05, 3.63) is 39.3 Å². The monoisotopic (exact) mass is 274 g/mol. The van der Waals surface area contributed by atoms with Crippen LogP contribution in [0, 0.1) is 0 Å². The molecule has 14 heavy (non-hydrogen) atoms. The lowest BCUT2D eigenvalue weighted by molar-refractivity contribution is -0.134. The topological polar surface area (TPSA) is 26.3 Å². The molecule has 74 valence electrons. The molecular formula is C10H8BrClO2. The minimum atomic E-state index is -0.402. The molecule has 0 aliphatic rings. The van der Waals surface area contributed by atoms with Gasteiger partial charge >= 0.3 is 5.97 Å². The number of ether oxygens (including phenoxy) is 1. The van der Waals surface area contributed by atoms with Crippen molar-refractivity contribution in [2.75, 3.05) is 7.11 Å². The van der Waals surface area contributed by atoms with Gasteiger partial charge in [-0.2, -0.15) is 0 Å². The molecule has 0 saturated carbocycles. The molecule has 2 nitrogen and oxygen atoms in total. The lowest BCUT2D eigenvalue weighted by atomic mass is 10.2. The Morgan fingerprint density at radius 1 is 1.57 bits per heavy atom. The van der Waals surface area contributed by atoms with E-state index in [1.807, 2.05) is 12.1 Å². The standard InChI is InChI=1S/C10H8BrClO2/c1-14-10(13)5-2-7-6-8(11)3-4-9(7)12/h2-6H,1H3. The SMILES string of the molecule is COC(=O)C=Cc1cc(Br)ccc1Cl. The summed E-state index contributed by atoms with van der Waals surface area (Å²) >= 11 is 9.21. The molecule has 0 bridgehead atoms. The van der Waals surface area contributed by atoms with Crippen LogP contribution in [0.15, 0.2) is 28.7 Å². The summed E-state index contributed by atoms with van der Waals surface area (Å²) in [4.78, 5) is 10.8. The van der Waals surface area contributed by atoms with Crippen molar-refractivity contribution in [2.45, 2.75) is 0 Å². The van der Waals surface area contributed by atoms with Crippen molar-refractivity contribution < 1.29 is 9.53 Å². The fourth-order valence-corrected chi connectivity index (χ4v) is 1.43. The van der Waals surface area contributed by atoms with E-state index in [1.165, 1.54) is 13.2 Å². The third-order valence-electron chi connectivity index (χ3n) is 1.56. The van der Waals surface area contributed by atoms with Crippen LogP contribution in [0.1, 0.15) is 5.56 Å². The number of carbonyl (C=O) groups excluding carboxylic acids is 1. The molecule has 0 radical (unpaired) electrons. The van der Waals surface area contributed by atoms with E-state index in [0.29, 0.717) is 5.02 Å². The molecule has 0 N–H and O–H groups in total. The molecule has 0 fully saturated rings. The summed E-state index contributed by atoms with van der Waals surface area (Å²) in [6.45, 7) is 0. The maximum absolute atomic E-state index is 10.8. The van der Waals surface area contributed by atoms with Gasteiger partial charge < -0.3 is 4.74 Å². The van der Waals surface area contributed by atoms with Crippen molar-refractivity contribution in [2.24, 2.45) is 0 Å². The molecule has 0 saturated heterocycles. The van der Waals surface area contributed by atoms with Crippen molar-refractivity contribution in [3.8, 4) is 0 Å². The minimum absolute atomic E-state index is 0.402. The van der Waals surface area contributed by atoms with E-state index in [2.05, 4.69) is 20.7 Å². The molecule has 0 spiro atoms. The van der Waals surface area contributed by atoms with Crippen LogP contribution in [0.2, 0.25) is 5.02 Å². The Balaban J connectivity index is 2.90. The highest BCUT2D eigenvalue weighted by Gasteiger charge is 1.98. The Bertz CT molecular complexity index is 374. The van der Waals surface area contributed by atoms with Crippen LogP contribution in [0.25, 0.3) is 6.08 Å². The maximum atomic E-state index is 10.8. The van der Waals surface area contributed by atoms with Crippen molar-refractivity contribution >= 4 is 39.6 Å². The maximum Gasteiger partial charge on any atom is 0.330 e. The van der Waals surface area contributed by atoms with E-state index in [1.54, 1.807) is 12.1 Å². The second-order valence-electron chi connectivity index (χ2n) is 2.52. The van der Waals surface area contributed by atoms with Crippen molar-refractivity contribution in [3.63, 3.8) is 0 Å².